The Kier molecular flexibility index (Phi) is 4.61. The largest absolute Gasteiger partial charge is 0.399 e. The van der Waals surface area contributed by atoms with Gasteiger partial charge in [-0.15, -0.1) is 0 Å². The first-order valence-corrected chi connectivity index (χ1v) is 8.88. The first-order chi connectivity index (χ1) is 13.2. The topological polar surface area (TPSA) is 73.9 Å². The van der Waals surface area contributed by atoms with Gasteiger partial charge in [0, 0.05) is 11.4 Å². The van der Waals surface area contributed by atoms with Gasteiger partial charge in [-0.2, -0.15) is 5.26 Å². The number of nitrogens with zero attached hydrogens (tertiary/aromatic N) is 1. The average molecular weight is 352 g/mol. The summed E-state index contributed by atoms with van der Waals surface area (Å²) in [7, 11) is 0. The highest BCUT2D eigenvalue weighted by Gasteiger charge is 2.24. The van der Waals surface area contributed by atoms with Crippen molar-refractivity contribution in [1.29, 1.82) is 5.26 Å². The molecule has 1 aliphatic rings. The van der Waals surface area contributed by atoms with Crippen molar-refractivity contribution >= 4 is 11.4 Å². The molecule has 3 aromatic carbocycles. The number of nitriles is 1. The maximum absolute atomic E-state index is 9.24. The molecule has 1 heterocycles. The number of nitrogens with one attached hydrogen (secondary N) is 2. The molecule has 4 N–H and O–H groups in total. The minimum absolute atomic E-state index is 0.0267. The third-order valence-corrected chi connectivity index (χ3v) is 4.68. The fourth-order valence-corrected chi connectivity index (χ4v) is 3.35. The Bertz CT molecular complexity index is 1020. The van der Waals surface area contributed by atoms with Crippen LogP contribution in [0.15, 0.2) is 84.9 Å². The molecule has 0 bridgehead atoms. The van der Waals surface area contributed by atoms with Crippen LogP contribution in [-0.2, 0) is 0 Å². The summed E-state index contributed by atoms with van der Waals surface area (Å²) >= 11 is 0. The molecule has 0 aliphatic carbocycles. The summed E-state index contributed by atoms with van der Waals surface area (Å²) in [6.07, 6.45) is 2.07. The molecule has 4 nitrogen and oxygen atoms in total. The first kappa shape index (κ1) is 16.9. The Morgan fingerprint density at radius 2 is 1.63 bits per heavy atom. The van der Waals surface area contributed by atoms with Crippen molar-refractivity contribution in [3.63, 3.8) is 0 Å². The monoisotopic (exact) mass is 352 g/mol. The van der Waals surface area contributed by atoms with Crippen molar-refractivity contribution in [2.75, 3.05) is 5.73 Å². The van der Waals surface area contributed by atoms with E-state index in [1.807, 2.05) is 60.7 Å². The van der Waals surface area contributed by atoms with Crippen LogP contribution >= 0.6 is 0 Å². The zero-order valence-electron chi connectivity index (χ0n) is 14.8. The van der Waals surface area contributed by atoms with Crippen LogP contribution < -0.4 is 16.4 Å². The van der Waals surface area contributed by atoms with Crippen LogP contribution in [0.1, 0.15) is 34.5 Å². The molecule has 0 aromatic heterocycles. The zero-order valence-corrected chi connectivity index (χ0v) is 14.8. The Balaban J connectivity index is 1.75. The fraction of sp³-hybridized carbons (Fsp3) is 0.0870. The van der Waals surface area contributed by atoms with E-state index in [-0.39, 0.29) is 12.2 Å². The van der Waals surface area contributed by atoms with Crippen molar-refractivity contribution in [1.82, 2.24) is 10.6 Å². The maximum atomic E-state index is 9.24. The minimum atomic E-state index is -0.0931. The summed E-state index contributed by atoms with van der Waals surface area (Å²) in [5.41, 5.74) is 11.7. The molecule has 132 valence electrons. The number of benzene rings is 3. The van der Waals surface area contributed by atoms with E-state index in [2.05, 4.69) is 41.0 Å². The lowest BCUT2D eigenvalue weighted by molar-refractivity contribution is 0.443. The first-order valence-electron chi connectivity index (χ1n) is 8.88. The number of nitrogen functional groups attached to an aromatic ring is 1. The van der Waals surface area contributed by atoms with E-state index in [1.165, 1.54) is 0 Å². The third kappa shape index (κ3) is 3.69. The molecule has 0 saturated heterocycles. The molecular formula is C23H20N4. The highest BCUT2D eigenvalue weighted by molar-refractivity contribution is 5.66. The lowest BCUT2D eigenvalue weighted by Gasteiger charge is -2.33. The predicted octanol–water partition coefficient (Wildman–Crippen LogP) is 4.11. The van der Waals surface area contributed by atoms with E-state index in [0.29, 0.717) is 5.56 Å². The smallest absolute Gasteiger partial charge is 0.104 e. The zero-order chi connectivity index (χ0) is 18.6. The van der Waals surface area contributed by atoms with Gasteiger partial charge in [0.05, 0.1) is 17.7 Å². The number of nitrogens with two attached hydrogens (primary N) is 1. The Hall–Kier alpha value is -3.55. The number of anilines is 1. The van der Waals surface area contributed by atoms with E-state index >= 15 is 0 Å². The lowest BCUT2D eigenvalue weighted by Crippen LogP contribution is -2.39. The Morgan fingerprint density at radius 3 is 2.41 bits per heavy atom. The van der Waals surface area contributed by atoms with E-state index in [1.54, 1.807) is 0 Å². The molecule has 0 fully saturated rings. The molecule has 4 heteroatoms. The van der Waals surface area contributed by atoms with Crippen molar-refractivity contribution in [3.05, 3.63) is 107 Å². The van der Waals surface area contributed by atoms with Gasteiger partial charge in [-0.25, -0.2) is 0 Å². The summed E-state index contributed by atoms with van der Waals surface area (Å²) in [6.45, 7) is 0. The molecule has 27 heavy (non-hydrogen) atoms. The summed E-state index contributed by atoms with van der Waals surface area (Å²) in [6, 6.07) is 28.0. The standard InChI is InChI=1S/C23H20N4/c24-15-16-6-4-9-18(12-16)22-14-21(17-7-2-1-3-8-17)26-23(27-22)19-10-5-11-20(25)13-19/h1-14,22-23,26-27H,25H2. The number of rotatable bonds is 3. The van der Waals surface area contributed by atoms with Gasteiger partial charge in [-0.1, -0.05) is 54.6 Å². The quantitative estimate of drug-likeness (QED) is 0.620. The molecule has 0 amide bonds. The third-order valence-electron chi connectivity index (χ3n) is 4.68. The summed E-state index contributed by atoms with van der Waals surface area (Å²) in [5.74, 6) is 0. The van der Waals surface area contributed by atoms with Gasteiger partial charge in [-0.05, 0) is 47.0 Å². The van der Waals surface area contributed by atoms with Gasteiger partial charge in [-0.3, -0.25) is 5.32 Å². The van der Waals surface area contributed by atoms with Gasteiger partial charge in [0.1, 0.15) is 6.17 Å². The van der Waals surface area contributed by atoms with Crippen LogP contribution in [0.4, 0.5) is 5.69 Å². The fourth-order valence-electron chi connectivity index (χ4n) is 3.35. The van der Waals surface area contributed by atoms with Crippen LogP contribution in [-0.4, -0.2) is 0 Å². The van der Waals surface area contributed by atoms with Crippen LogP contribution in [0.5, 0.6) is 0 Å². The van der Waals surface area contributed by atoms with Crippen LogP contribution in [0.25, 0.3) is 5.70 Å². The lowest BCUT2D eigenvalue weighted by atomic mass is 9.97. The number of hydrogen-bond donors (Lipinski definition) is 3. The van der Waals surface area contributed by atoms with Gasteiger partial charge >= 0.3 is 0 Å². The second-order valence-corrected chi connectivity index (χ2v) is 6.58. The molecule has 0 saturated carbocycles. The van der Waals surface area contributed by atoms with E-state index in [9.17, 15) is 5.26 Å². The van der Waals surface area contributed by atoms with Gasteiger partial charge in [0.2, 0.25) is 0 Å². The highest BCUT2D eigenvalue weighted by Crippen LogP contribution is 2.30. The average Bonchev–Trinajstić information content (AvgIpc) is 2.74. The molecule has 3 aromatic rings. The van der Waals surface area contributed by atoms with Gasteiger partial charge in [0.15, 0.2) is 0 Å². The Labute approximate surface area is 159 Å². The molecule has 2 atom stereocenters. The van der Waals surface area contributed by atoms with Crippen LogP contribution in [0.2, 0.25) is 0 Å². The van der Waals surface area contributed by atoms with E-state index in [4.69, 9.17) is 5.73 Å². The Morgan fingerprint density at radius 1 is 0.852 bits per heavy atom. The molecule has 4 rings (SSSR count). The van der Waals surface area contributed by atoms with Crippen LogP contribution in [0, 0.1) is 11.3 Å². The molecule has 1 aliphatic heterocycles. The summed E-state index contributed by atoms with van der Waals surface area (Å²) < 4.78 is 0. The van der Waals surface area contributed by atoms with E-state index in [0.717, 1.165) is 28.1 Å². The molecule has 0 radical (unpaired) electrons. The second kappa shape index (κ2) is 7.36. The number of hydrogen-bond acceptors (Lipinski definition) is 4. The molecular weight excluding hydrogens is 332 g/mol. The molecule has 0 spiro atoms. The highest BCUT2D eigenvalue weighted by atomic mass is 15.2. The summed E-state index contributed by atoms with van der Waals surface area (Å²) in [5, 5.41) is 16.4. The van der Waals surface area contributed by atoms with Crippen LogP contribution in [0.3, 0.4) is 0 Å². The van der Waals surface area contributed by atoms with Gasteiger partial charge in [0.25, 0.3) is 0 Å². The van der Waals surface area contributed by atoms with Crippen molar-refractivity contribution in [2.24, 2.45) is 0 Å². The SMILES string of the molecule is N#Cc1cccc(C2C=C(c3ccccc3)NC(c3cccc(N)c3)N2)c1. The summed E-state index contributed by atoms with van der Waals surface area (Å²) in [4.78, 5) is 0. The van der Waals surface area contributed by atoms with Gasteiger partial charge < -0.3 is 11.1 Å². The van der Waals surface area contributed by atoms with Crippen molar-refractivity contribution in [2.45, 2.75) is 12.2 Å². The normalized spacial score (nSPS) is 18.9. The van der Waals surface area contributed by atoms with Crippen molar-refractivity contribution in [3.8, 4) is 6.07 Å². The van der Waals surface area contributed by atoms with E-state index < -0.39 is 0 Å². The van der Waals surface area contributed by atoms with Crippen molar-refractivity contribution < 1.29 is 0 Å². The predicted molar refractivity (Wildman–Crippen MR) is 108 cm³/mol. The second-order valence-electron chi connectivity index (χ2n) is 6.58. The molecule has 2 unspecified atom stereocenters. The minimum Gasteiger partial charge on any atom is -0.399 e. The maximum Gasteiger partial charge on any atom is 0.104 e.